The van der Waals surface area contributed by atoms with Crippen LogP contribution in [0.2, 0.25) is 0 Å². The van der Waals surface area contributed by atoms with E-state index in [1.54, 1.807) is 13.2 Å². The molecule has 0 amide bonds. The fraction of sp³-hybridized carbons (Fsp3) is 0.333. The first kappa shape index (κ1) is 20.2. The Kier molecular flexibility index (Phi) is 5.15. The van der Waals surface area contributed by atoms with Crippen LogP contribution in [0.15, 0.2) is 47.5 Å². The van der Waals surface area contributed by atoms with Crippen molar-refractivity contribution in [3.8, 4) is 5.75 Å². The standard InChI is InChI=1S/C21H23N3O5S/c1-29-16-4-5-19-17(12-16)18(13-22-19)14-7-9-23(10-8-14)15-3-6-20(24(25)26)21(11-15)30(2,27)28/h3-6,11-14,22H,7-10H2,1-2H3. The molecule has 0 bridgehead atoms. The smallest absolute Gasteiger partial charge is 0.288 e. The first-order valence-corrected chi connectivity index (χ1v) is 11.6. The second-order valence-corrected chi connectivity index (χ2v) is 9.58. The summed E-state index contributed by atoms with van der Waals surface area (Å²) in [4.78, 5) is 15.7. The van der Waals surface area contributed by atoms with E-state index >= 15 is 0 Å². The van der Waals surface area contributed by atoms with E-state index in [1.165, 1.54) is 17.7 Å². The van der Waals surface area contributed by atoms with Gasteiger partial charge in [-0.1, -0.05) is 0 Å². The highest BCUT2D eigenvalue weighted by molar-refractivity contribution is 7.90. The number of nitro groups is 1. The fourth-order valence-electron chi connectivity index (χ4n) is 4.18. The number of nitro benzene ring substituents is 1. The SMILES string of the molecule is COc1ccc2[nH]cc(C3CCN(c4ccc([N+](=O)[O-])c(S(C)(=O)=O)c4)CC3)c2c1. The summed E-state index contributed by atoms with van der Waals surface area (Å²) in [6, 6.07) is 10.3. The maximum Gasteiger partial charge on any atom is 0.288 e. The molecule has 0 spiro atoms. The summed E-state index contributed by atoms with van der Waals surface area (Å²) in [5.41, 5.74) is 2.63. The lowest BCUT2D eigenvalue weighted by molar-refractivity contribution is -0.387. The molecule has 0 saturated carbocycles. The maximum atomic E-state index is 12.0. The van der Waals surface area contributed by atoms with Crippen LogP contribution < -0.4 is 9.64 Å². The minimum atomic E-state index is -3.70. The number of fused-ring (bicyclic) bond motifs is 1. The van der Waals surface area contributed by atoms with Crippen LogP contribution in [0.3, 0.4) is 0 Å². The van der Waals surface area contributed by atoms with Crippen LogP contribution in [0.4, 0.5) is 11.4 Å². The van der Waals surface area contributed by atoms with Crippen molar-refractivity contribution in [3.05, 3.63) is 58.3 Å². The summed E-state index contributed by atoms with van der Waals surface area (Å²) >= 11 is 0. The molecule has 0 atom stereocenters. The Morgan fingerprint density at radius 1 is 1.17 bits per heavy atom. The highest BCUT2D eigenvalue weighted by Crippen LogP contribution is 2.37. The molecule has 158 valence electrons. The molecule has 1 saturated heterocycles. The van der Waals surface area contributed by atoms with E-state index in [4.69, 9.17) is 4.74 Å². The summed E-state index contributed by atoms with van der Waals surface area (Å²) in [7, 11) is -2.05. The third-order valence-electron chi connectivity index (χ3n) is 5.76. The monoisotopic (exact) mass is 429 g/mol. The number of ether oxygens (including phenoxy) is 1. The highest BCUT2D eigenvalue weighted by Gasteiger charge is 2.27. The molecule has 2 aromatic carbocycles. The van der Waals surface area contributed by atoms with Crippen molar-refractivity contribution < 1.29 is 18.1 Å². The number of aromatic amines is 1. The van der Waals surface area contributed by atoms with Crippen LogP contribution in [-0.4, -0.2) is 44.8 Å². The van der Waals surface area contributed by atoms with E-state index in [9.17, 15) is 18.5 Å². The molecule has 1 N–H and O–H groups in total. The summed E-state index contributed by atoms with van der Waals surface area (Å²) < 4.78 is 29.4. The van der Waals surface area contributed by atoms with Gasteiger partial charge in [-0.25, -0.2) is 8.42 Å². The largest absolute Gasteiger partial charge is 0.497 e. The Hall–Kier alpha value is -3.07. The Bertz CT molecular complexity index is 1210. The number of hydrogen-bond acceptors (Lipinski definition) is 6. The van der Waals surface area contributed by atoms with Gasteiger partial charge < -0.3 is 14.6 Å². The molecule has 1 aliphatic rings. The molecule has 4 rings (SSSR count). The fourth-order valence-corrected chi connectivity index (χ4v) is 5.04. The number of methoxy groups -OCH3 is 1. The summed E-state index contributed by atoms with van der Waals surface area (Å²) in [5.74, 6) is 1.19. The molecule has 0 radical (unpaired) electrons. The Morgan fingerprint density at radius 2 is 1.90 bits per heavy atom. The Balaban J connectivity index is 1.56. The number of piperidine rings is 1. The number of benzene rings is 2. The minimum absolute atomic E-state index is 0.240. The summed E-state index contributed by atoms with van der Waals surface area (Å²) in [6.45, 7) is 1.48. The van der Waals surface area contributed by atoms with Crippen molar-refractivity contribution >= 4 is 32.1 Å². The predicted octanol–water partition coefficient (Wildman–Crippen LogP) is 3.87. The number of H-pyrrole nitrogens is 1. The average Bonchev–Trinajstić information content (AvgIpc) is 3.16. The van der Waals surface area contributed by atoms with Gasteiger partial charge in [0.15, 0.2) is 9.84 Å². The van der Waals surface area contributed by atoms with Crippen LogP contribution in [-0.2, 0) is 9.84 Å². The van der Waals surface area contributed by atoms with Crippen LogP contribution >= 0.6 is 0 Å². The van der Waals surface area contributed by atoms with Crippen LogP contribution in [0.1, 0.15) is 24.3 Å². The lowest BCUT2D eigenvalue weighted by atomic mass is 9.89. The number of sulfone groups is 1. The third-order valence-corrected chi connectivity index (χ3v) is 6.89. The average molecular weight is 429 g/mol. The van der Waals surface area contributed by atoms with Gasteiger partial charge in [0, 0.05) is 48.2 Å². The van der Waals surface area contributed by atoms with E-state index in [1.807, 2.05) is 18.2 Å². The summed E-state index contributed by atoms with van der Waals surface area (Å²) in [6.07, 6.45) is 4.85. The number of nitrogens with zero attached hydrogens (tertiary/aromatic N) is 2. The molecule has 9 heteroatoms. The highest BCUT2D eigenvalue weighted by atomic mass is 32.2. The maximum absolute atomic E-state index is 12.0. The molecule has 3 aromatic rings. The first-order chi connectivity index (χ1) is 14.3. The lowest BCUT2D eigenvalue weighted by Gasteiger charge is -2.33. The van der Waals surface area contributed by atoms with Crippen LogP contribution in [0, 0.1) is 10.1 Å². The van der Waals surface area contributed by atoms with Gasteiger partial charge in [0.05, 0.1) is 12.0 Å². The molecule has 0 unspecified atom stereocenters. The van der Waals surface area contributed by atoms with Gasteiger partial charge in [-0.3, -0.25) is 10.1 Å². The van der Waals surface area contributed by atoms with E-state index in [2.05, 4.69) is 16.1 Å². The van der Waals surface area contributed by atoms with Crippen molar-refractivity contribution in [2.45, 2.75) is 23.7 Å². The number of aromatic nitrogens is 1. The van der Waals surface area contributed by atoms with E-state index < -0.39 is 14.8 Å². The number of rotatable bonds is 5. The zero-order valence-corrected chi connectivity index (χ0v) is 17.6. The van der Waals surface area contributed by atoms with Gasteiger partial charge >= 0.3 is 0 Å². The van der Waals surface area contributed by atoms with Gasteiger partial charge in [-0.05, 0) is 54.7 Å². The molecule has 30 heavy (non-hydrogen) atoms. The lowest BCUT2D eigenvalue weighted by Crippen LogP contribution is -2.33. The van der Waals surface area contributed by atoms with Gasteiger partial charge in [-0.2, -0.15) is 0 Å². The van der Waals surface area contributed by atoms with E-state index in [0.717, 1.165) is 48.8 Å². The van der Waals surface area contributed by atoms with Gasteiger partial charge in [0.25, 0.3) is 5.69 Å². The zero-order valence-electron chi connectivity index (χ0n) is 16.8. The number of anilines is 1. The van der Waals surface area contributed by atoms with E-state index in [-0.39, 0.29) is 10.6 Å². The number of hydrogen-bond donors (Lipinski definition) is 1. The second kappa shape index (κ2) is 7.64. The molecule has 8 nitrogen and oxygen atoms in total. The molecular weight excluding hydrogens is 406 g/mol. The Labute approximate surface area is 174 Å². The van der Waals surface area contributed by atoms with E-state index in [0.29, 0.717) is 11.6 Å². The second-order valence-electron chi connectivity index (χ2n) is 7.60. The first-order valence-electron chi connectivity index (χ1n) is 9.66. The normalized spacial score (nSPS) is 15.5. The molecular formula is C21H23N3O5S. The van der Waals surface area contributed by atoms with Gasteiger partial charge in [-0.15, -0.1) is 0 Å². The van der Waals surface area contributed by atoms with Crippen molar-refractivity contribution in [2.75, 3.05) is 31.4 Å². The van der Waals surface area contributed by atoms with Crippen molar-refractivity contribution in [3.63, 3.8) is 0 Å². The van der Waals surface area contributed by atoms with Crippen LogP contribution in [0.5, 0.6) is 5.75 Å². The third kappa shape index (κ3) is 3.72. The van der Waals surface area contributed by atoms with Crippen molar-refractivity contribution in [1.29, 1.82) is 0 Å². The summed E-state index contributed by atoms with van der Waals surface area (Å²) in [5, 5.41) is 12.4. The zero-order chi connectivity index (χ0) is 21.5. The van der Waals surface area contributed by atoms with Gasteiger partial charge in [0.1, 0.15) is 10.6 Å². The molecule has 1 aromatic heterocycles. The van der Waals surface area contributed by atoms with Gasteiger partial charge in [0.2, 0.25) is 0 Å². The molecule has 0 aliphatic carbocycles. The molecule has 1 aliphatic heterocycles. The quantitative estimate of drug-likeness (QED) is 0.487. The Morgan fingerprint density at radius 3 is 2.53 bits per heavy atom. The topological polar surface area (TPSA) is 106 Å². The van der Waals surface area contributed by atoms with Crippen molar-refractivity contribution in [2.24, 2.45) is 0 Å². The minimum Gasteiger partial charge on any atom is -0.497 e. The number of nitrogens with one attached hydrogen (secondary N) is 1. The molecule has 1 fully saturated rings. The van der Waals surface area contributed by atoms with Crippen molar-refractivity contribution in [1.82, 2.24) is 4.98 Å². The van der Waals surface area contributed by atoms with Crippen LogP contribution in [0.25, 0.3) is 10.9 Å². The molecule has 2 heterocycles. The predicted molar refractivity (Wildman–Crippen MR) is 115 cm³/mol.